The van der Waals surface area contributed by atoms with Crippen molar-refractivity contribution >= 4 is 16.7 Å². The molecule has 1 aliphatic rings. The number of likely N-dealkylation sites (tertiary alicyclic amines) is 1. The summed E-state index contributed by atoms with van der Waals surface area (Å²) < 4.78 is 0. The number of nitrogens with one attached hydrogen (secondary N) is 2. The second-order valence-electron chi connectivity index (χ2n) is 8.07. The van der Waals surface area contributed by atoms with Crippen LogP contribution in [0, 0.1) is 13.8 Å². The van der Waals surface area contributed by atoms with Crippen molar-refractivity contribution in [2.24, 2.45) is 0 Å². The van der Waals surface area contributed by atoms with E-state index >= 15 is 0 Å². The molecule has 0 unspecified atom stereocenters. The van der Waals surface area contributed by atoms with Gasteiger partial charge in [0.15, 0.2) is 0 Å². The van der Waals surface area contributed by atoms with E-state index in [0.717, 1.165) is 16.7 Å². The molecule has 0 aromatic heterocycles. The van der Waals surface area contributed by atoms with Crippen molar-refractivity contribution in [2.75, 3.05) is 19.6 Å². The molecule has 0 radical (unpaired) electrons. The molecule has 1 saturated heterocycles. The van der Waals surface area contributed by atoms with Gasteiger partial charge in [-0.25, -0.2) is 0 Å². The van der Waals surface area contributed by atoms with Crippen LogP contribution in [0.5, 0.6) is 0 Å². The minimum Gasteiger partial charge on any atom is -0.346 e. The van der Waals surface area contributed by atoms with Gasteiger partial charge >= 0.3 is 0 Å². The van der Waals surface area contributed by atoms with Gasteiger partial charge in [-0.15, -0.1) is 0 Å². The molecule has 28 heavy (non-hydrogen) atoms. The van der Waals surface area contributed by atoms with Crippen molar-refractivity contribution in [3.63, 3.8) is 0 Å². The average molecular weight is 374 g/mol. The third-order valence-corrected chi connectivity index (χ3v) is 5.89. The molecule has 2 N–H and O–H groups in total. The molecular formula is C25H29N2O+. The van der Waals surface area contributed by atoms with Gasteiger partial charge < -0.3 is 10.2 Å². The Morgan fingerprint density at radius 3 is 2.39 bits per heavy atom. The van der Waals surface area contributed by atoms with Gasteiger partial charge in [0.2, 0.25) is 0 Å². The lowest BCUT2D eigenvalue weighted by Crippen LogP contribution is -3.11. The summed E-state index contributed by atoms with van der Waals surface area (Å²) in [5, 5.41) is 5.80. The average Bonchev–Trinajstić information content (AvgIpc) is 3.22. The second-order valence-corrected chi connectivity index (χ2v) is 8.07. The molecule has 144 valence electrons. The van der Waals surface area contributed by atoms with Gasteiger partial charge in [0.25, 0.3) is 5.91 Å². The number of carbonyl (C=O) groups excluding carboxylic acids is 1. The Labute approximate surface area is 167 Å². The largest absolute Gasteiger partial charge is 0.346 e. The maximum Gasteiger partial charge on any atom is 0.251 e. The van der Waals surface area contributed by atoms with Crippen molar-refractivity contribution in [1.29, 1.82) is 0 Å². The first-order chi connectivity index (χ1) is 13.6. The molecule has 4 rings (SSSR count). The van der Waals surface area contributed by atoms with Gasteiger partial charge in [-0.2, -0.15) is 0 Å². The number of amides is 1. The summed E-state index contributed by atoms with van der Waals surface area (Å²) in [6, 6.07) is 21.4. The fourth-order valence-electron chi connectivity index (χ4n) is 4.61. The van der Waals surface area contributed by atoms with Crippen LogP contribution in [0.1, 0.15) is 45.9 Å². The smallest absolute Gasteiger partial charge is 0.251 e. The SMILES string of the molecule is Cc1cc(C)cc(C(=O)NC[C@@H](c2cccc3ccccc23)[NH+]2CCCC2)c1. The third-order valence-electron chi connectivity index (χ3n) is 5.89. The zero-order chi connectivity index (χ0) is 19.5. The molecular weight excluding hydrogens is 344 g/mol. The van der Waals surface area contributed by atoms with E-state index in [1.54, 1.807) is 4.90 Å². The zero-order valence-corrected chi connectivity index (χ0v) is 16.8. The normalized spacial score (nSPS) is 15.6. The number of fused-ring (bicyclic) bond motifs is 1. The van der Waals surface area contributed by atoms with E-state index in [-0.39, 0.29) is 11.9 Å². The fourth-order valence-corrected chi connectivity index (χ4v) is 4.61. The molecule has 1 fully saturated rings. The lowest BCUT2D eigenvalue weighted by molar-refractivity contribution is -0.918. The zero-order valence-electron chi connectivity index (χ0n) is 16.8. The van der Waals surface area contributed by atoms with Crippen LogP contribution in [0.4, 0.5) is 0 Å². The maximum atomic E-state index is 12.8. The van der Waals surface area contributed by atoms with Gasteiger partial charge in [-0.05, 0) is 36.8 Å². The van der Waals surface area contributed by atoms with Crippen LogP contribution >= 0.6 is 0 Å². The predicted octanol–water partition coefficient (Wildman–Crippen LogP) is 3.61. The van der Waals surface area contributed by atoms with Crippen molar-refractivity contribution in [2.45, 2.75) is 32.7 Å². The number of quaternary nitrogens is 1. The third kappa shape index (κ3) is 3.95. The molecule has 0 saturated carbocycles. The number of hydrogen-bond donors (Lipinski definition) is 2. The molecule has 0 bridgehead atoms. The van der Waals surface area contributed by atoms with E-state index in [0.29, 0.717) is 6.54 Å². The van der Waals surface area contributed by atoms with Crippen LogP contribution in [0.3, 0.4) is 0 Å². The summed E-state index contributed by atoms with van der Waals surface area (Å²) in [5.41, 5.74) is 4.35. The molecule has 3 heteroatoms. The molecule has 0 aliphatic carbocycles. The molecule has 0 spiro atoms. The van der Waals surface area contributed by atoms with Gasteiger partial charge in [0.1, 0.15) is 6.04 Å². The molecule has 1 heterocycles. The molecule has 1 amide bonds. The van der Waals surface area contributed by atoms with Crippen LogP contribution in [0.2, 0.25) is 0 Å². The van der Waals surface area contributed by atoms with Gasteiger partial charge in [0.05, 0.1) is 19.6 Å². The second kappa shape index (κ2) is 8.15. The van der Waals surface area contributed by atoms with Crippen LogP contribution in [-0.4, -0.2) is 25.5 Å². The quantitative estimate of drug-likeness (QED) is 0.704. The summed E-state index contributed by atoms with van der Waals surface area (Å²) >= 11 is 0. The molecule has 1 aliphatic heterocycles. The Balaban J connectivity index is 1.61. The maximum absolute atomic E-state index is 12.8. The van der Waals surface area contributed by atoms with Crippen molar-refractivity contribution < 1.29 is 9.69 Å². The lowest BCUT2D eigenvalue weighted by Gasteiger charge is -2.26. The minimum atomic E-state index is 0.0237. The number of benzene rings is 3. The van der Waals surface area contributed by atoms with E-state index in [9.17, 15) is 4.79 Å². The van der Waals surface area contributed by atoms with Crippen LogP contribution in [0.25, 0.3) is 10.8 Å². The number of hydrogen-bond acceptors (Lipinski definition) is 1. The number of carbonyl (C=O) groups is 1. The Kier molecular flexibility index (Phi) is 5.45. The predicted molar refractivity (Wildman–Crippen MR) is 115 cm³/mol. The Morgan fingerprint density at radius 1 is 0.964 bits per heavy atom. The highest BCUT2D eigenvalue weighted by molar-refractivity contribution is 5.94. The first kappa shape index (κ1) is 18.7. The van der Waals surface area contributed by atoms with Crippen LogP contribution in [-0.2, 0) is 0 Å². The highest BCUT2D eigenvalue weighted by atomic mass is 16.1. The number of rotatable bonds is 5. The standard InChI is InChI=1S/C25H28N2O/c1-18-14-19(2)16-21(15-18)25(28)26-17-24(27-12-5-6-13-27)23-11-7-9-20-8-3-4-10-22(20)23/h3-4,7-11,14-16,24H,5-6,12-13,17H2,1-2H3,(H,26,28)/p+1/t24-/m0/s1. The minimum absolute atomic E-state index is 0.0237. The highest BCUT2D eigenvalue weighted by Gasteiger charge is 2.29. The van der Waals surface area contributed by atoms with Crippen molar-refractivity contribution in [3.05, 3.63) is 82.9 Å². The molecule has 3 aromatic rings. The number of aryl methyl sites for hydroxylation is 2. The van der Waals surface area contributed by atoms with Crippen LogP contribution in [0.15, 0.2) is 60.7 Å². The summed E-state index contributed by atoms with van der Waals surface area (Å²) in [6.07, 6.45) is 2.53. The summed E-state index contributed by atoms with van der Waals surface area (Å²) in [7, 11) is 0. The first-order valence-electron chi connectivity index (χ1n) is 10.3. The van der Waals surface area contributed by atoms with E-state index < -0.39 is 0 Å². The van der Waals surface area contributed by atoms with E-state index in [1.165, 1.54) is 42.3 Å². The summed E-state index contributed by atoms with van der Waals surface area (Å²) in [4.78, 5) is 14.4. The fraction of sp³-hybridized carbons (Fsp3) is 0.320. The monoisotopic (exact) mass is 373 g/mol. The summed E-state index contributed by atoms with van der Waals surface area (Å²) in [6.45, 7) is 7.09. The van der Waals surface area contributed by atoms with Crippen molar-refractivity contribution in [1.82, 2.24) is 5.32 Å². The topological polar surface area (TPSA) is 33.5 Å². The van der Waals surface area contributed by atoms with Gasteiger partial charge in [0, 0.05) is 24.0 Å². The Hall–Kier alpha value is -2.65. The summed E-state index contributed by atoms with van der Waals surface area (Å²) in [5.74, 6) is 0.0237. The Morgan fingerprint density at radius 2 is 1.64 bits per heavy atom. The molecule has 1 atom stereocenters. The van der Waals surface area contributed by atoms with Crippen LogP contribution < -0.4 is 10.2 Å². The highest BCUT2D eigenvalue weighted by Crippen LogP contribution is 2.23. The van der Waals surface area contributed by atoms with Gasteiger partial charge in [-0.3, -0.25) is 4.79 Å². The van der Waals surface area contributed by atoms with Crippen molar-refractivity contribution in [3.8, 4) is 0 Å². The molecule has 3 aromatic carbocycles. The van der Waals surface area contributed by atoms with E-state index in [2.05, 4.69) is 53.8 Å². The van der Waals surface area contributed by atoms with E-state index in [4.69, 9.17) is 0 Å². The lowest BCUT2D eigenvalue weighted by atomic mass is 9.97. The molecule has 3 nitrogen and oxygen atoms in total. The van der Waals surface area contributed by atoms with E-state index in [1.807, 2.05) is 26.0 Å². The first-order valence-corrected chi connectivity index (χ1v) is 10.3. The Bertz CT molecular complexity index is 963. The van der Waals surface area contributed by atoms with Gasteiger partial charge in [-0.1, -0.05) is 59.7 Å².